The SMILES string of the molecule is Cc1cc2c(Nc3ccc(C)c(OCC(F)F)c3)ncnc2s1. The number of benzene rings is 1. The van der Waals surface area contributed by atoms with E-state index in [1.165, 1.54) is 6.33 Å². The Bertz CT molecular complexity index is 835. The van der Waals surface area contributed by atoms with Crippen LogP contribution in [0.15, 0.2) is 30.6 Å². The summed E-state index contributed by atoms with van der Waals surface area (Å²) < 4.78 is 29.8. The van der Waals surface area contributed by atoms with Gasteiger partial charge in [0.05, 0.1) is 5.39 Å². The lowest BCUT2D eigenvalue weighted by Gasteiger charge is -2.12. The van der Waals surface area contributed by atoms with Gasteiger partial charge in [-0.25, -0.2) is 18.7 Å². The van der Waals surface area contributed by atoms with Crippen molar-refractivity contribution >= 4 is 33.1 Å². The molecular formula is C16H15F2N3OS. The molecule has 0 radical (unpaired) electrons. The molecule has 2 heterocycles. The third-order valence-electron chi connectivity index (χ3n) is 3.27. The predicted octanol–water partition coefficient (Wildman–Crippen LogP) is 4.70. The maximum atomic E-state index is 12.3. The van der Waals surface area contributed by atoms with Crippen LogP contribution in [0.2, 0.25) is 0 Å². The number of hydrogen-bond donors (Lipinski definition) is 1. The fraction of sp³-hybridized carbons (Fsp3) is 0.250. The van der Waals surface area contributed by atoms with Gasteiger partial charge in [-0.05, 0) is 31.5 Å². The van der Waals surface area contributed by atoms with Crippen molar-refractivity contribution in [3.8, 4) is 5.75 Å². The highest BCUT2D eigenvalue weighted by Gasteiger charge is 2.10. The lowest BCUT2D eigenvalue weighted by molar-refractivity contribution is 0.0816. The van der Waals surface area contributed by atoms with Gasteiger partial charge in [-0.1, -0.05) is 6.07 Å². The van der Waals surface area contributed by atoms with Crippen LogP contribution >= 0.6 is 11.3 Å². The number of aryl methyl sites for hydroxylation is 2. The first-order chi connectivity index (χ1) is 11.0. The van der Waals surface area contributed by atoms with Gasteiger partial charge in [0, 0.05) is 16.6 Å². The van der Waals surface area contributed by atoms with Gasteiger partial charge in [-0.2, -0.15) is 0 Å². The Kier molecular flexibility index (Phi) is 4.38. The summed E-state index contributed by atoms with van der Waals surface area (Å²) in [5, 5.41) is 4.14. The van der Waals surface area contributed by atoms with Crippen molar-refractivity contribution in [3.05, 3.63) is 41.0 Å². The first-order valence-electron chi connectivity index (χ1n) is 7.02. The highest BCUT2D eigenvalue weighted by molar-refractivity contribution is 7.18. The summed E-state index contributed by atoms with van der Waals surface area (Å²) in [7, 11) is 0. The molecule has 23 heavy (non-hydrogen) atoms. The molecule has 3 rings (SSSR count). The van der Waals surface area contributed by atoms with E-state index in [0.29, 0.717) is 11.6 Å². The zero-order valence-electron chi connectivity index (χ0n) is 12.6. The number of halogens is 2. The van der Waals surface area contributed by atoms with E-state index >= 15 is 0 Å². The minimum atomic E-state index is -2.50. The number of rotatable bonds is 5. The second kappa shape index (κ2) is 6.45. The molecule has 0 atom stereocenters. The summed E-state index contributed by atoms with van der Waals surface area (Å²) in [6, 6.07) is 7.40. The number of nitrogens with zero attached hydrogens (tertiary/aromatic N) is 2. The first kappa shape index (κ1) is 15.6. The number of anilines is 2. The van der Waals surface area contributed by atoms with Crippen molar-refractivity contribution in [3.63, 3.8) is 0 Å². The van der Waals surface area contributed by atoms with Crippen molar-refractivity contribution in [1.82, 2.24) is 9.97 Å². The number of hydrogen-bond acceptors (Lipinski definition) is 5. The maximum Gasteiger partial charge on any atom is 0.272 e. The van der Waals surface area contributed by atoms with Gasteiger partial charge in [0.25, 0.3) is 6.43 Å². The molecule has 2 aromatic heterocycles. The van der Waals surface area contributed by atoms with Crippen LogP contribution in [-0.2, 0) is 0 Å². The number of aromatic nitrogens is 2. The largest absolute Gasteiger partial charge is 0.487 e. The number of ether oxygens (including phenoxy) is 1. The van der Waals surface area contributed by atoms with Crippen LogP contribution in [0.4, 0.5) is 20.3 Å². The van der Waals surface area contributed by atoms with Crippen molar-refractivity contribution in [2.45, 2.75) is 20.3 Å². The lowest BCUT2D eigenvalue weighted by Crippen LogP contribution is -2.08. The molecule has 0 fully saturated rings. The van der Waals surface area contributed by atoms with Crippen molar-refractivity contribution < 1.29 is 13.5 Å². The van der Waals surface area contributed by atoms with E-state index in [9.17, 15) is 8.78 Å². The average molecular weight is 335 g/mol. The molecule has 0 spiro atoms. The summed E-state index contributed by atoms with van der Waals surface area (Å²) in [5.41, 5.74) is 1.53. The van der Waals surface area contributed by atoms with Gasteiger partial charge in [0.2, 0.25) is 0 Å². The standard InChI is InChI=1S/C16H15F2N3OS/c1-9-3-4-11(6-13(9)22-7-14(17)18)21-15-12-5-10(2)23-16(12)20-8-19-15/h3-6,8,14H,7H2,1-2H3,(H,19,20,21). The third kappa shape index (κ3) is 3.56. The molecular weight excluding hydrogens is 320 g/mol. The van der Waals surface area contributed by atoms with Crippen LogP contribution in [0.1, 0.15) is 10.4 Å². The Morgan fingerprint density at radius 1 is 1.22 bits per heavy atom. The molecule has 0 saturated carbocycles. The lowest BCUT2D eigenvalue weighted by atomic mass is 10.2. The Morgan fingerprint density at radius 2 is 2.04 bits per heavy atom. The number of alkyl halides is 2. The van der Waals surface area contributed by atoms with E-state index in [-0.39, 0.29) is 0 Å². The van der Waals surface area contributed by atoms with E-state index in [1.54, 1.807) is 17.4 Å². The number of thiophene rings is 1. The Balaban J connectivity index is 1.88. The molecule has 1 aromatic carbocycles. The van der Waals surface area contributed by atoms with Crippen molar-refractivity contribution in [1.29, 1.82) is 0 Å². The Hall–Kier alpha value is -2.28. The van der Waals surface area contributed by atoms with Gasteiger partial charge < -0.3 is 10.1 Å². The van der Waals surface area contributed by atoms with Crippen molar-refractivity contribution in [2.75, 3.05) is 11.9 Å². The molecule has 0 unspecified atom stereocenters. The second-order valence-corrected chi connectivity index (χ2v) is 6.34. The fourth-order valence-corrected chi connectivity index (χ4v) is 3.05. The zero-order valence-corrected chi connectivity index (χ0v) is 13.5. The Labute approximate surface area is 136 Å². The summed E-state index contributed by atoms with van der Waals surface area (Å²) >= 11 is 1.59. The van der Waals surface area contributed by atoms with Gasteiger partial charge in [0.15, 0.2) is 0 Å². The van der Waals surface area contributed by atoms with Gasteiger partial charge >= 0.3 is 0 Å². The first-order valence-corrected chi connectivity index (χ1v) is 7.84. The highest BCUT2D eigenvalue weighted by Crippen LogP contribution is 2.31. The van der Waals surface area contributed by atoms with Crippen LogP contribution in [0.3, 0.4) is 0 Å². The van der Waals surface area contributed by atoms with Crippen LogP contribution in [0.25, 0.3) is 10.2 Å². The minimum Gasteiger partial charge on any atom is -0.487 e. The maximum absolute atomic E-state index is 12.3. The van der Waals surface area contributed by atoms with Gasteiger partial charge in [-0.15, -0.1) is 11.3 Å². The van der Waals surface area contributed by atoms with E-state index in [1.807, 2.05) is 32.0 Å². The van der Waals surface area contributed by atoms with E-state index < -0.39 is 13.0 Å². The third-order valence-corrected chi connectivity index (χ3v) is 4.23. The molecule has 0 bridgehead atoms. The van der Waals surface area contributed by atoms with Crippen molar-refractivity contribution in [2.24, 2.45) is 0 Å². The molecule has 7 heteroatoms. The normalized spacial score (nSPS) is 11.2. The number of fused-ring (bicyclic) bond motifs is 1. The second-order valence-electron chi connectivity index (χ2n) is 5.11. The predicted molar refractivity (Wildman–Crippen MR) is 88.1 cm³/mol. The van der Waals surface area contributed by atoms with E-state index in [4.69, 9.17) is 4.74 Å². The van der Waals surface area contributed by atoms with Gasteiger partial charge in [-0.3, -0.25) is 0 Å². The highest BCUT2D eigenvalue weighted by atomic mass is 32.1. The average Bonchev–Trinajstić information content (AvgIpc) is 2.89. The van der Waals surface area contributed by atoms with Crippen LogP contribution in [0, 0.1) is 13.8 Å². The minimum absolute atomic E-state index is 0.432. The fourth-order valence-electron chi connectivity index (χ4n) is 2.20. The molecule has 0 aliphatic heterocycles. The molecule has 0 aliphatic rings. The molecule has 0 amide bonds. The summed E-state index contributed by atoms with van der Waals surface area (Å²) in [5.74, 6) is 1.12. The number of nitrogens with one attached hydrogen (secondary N) is 1. The molecule has 1 N–H and O–H groups in total. The summed E-state index contributed by atoms with van der Waals surface area (Å²) in [4.78, 5) is 10.6. The summed E-state index contributed by atoms with van der Waals surface area (Å²) in [6.07, 6.45) is -0.996. The molecule has 0 aliphatic carbocycles. The van der Waals surface area contributed by atoms with E-state index in [0.717, 1.165) is 26.3 Å². The molecule has 120 valence electrons. The van der Waals surface area contributed by atoms with Crippen LogP contribution in [-0.4, -0.2) is 23.0 Å². The topological polar surface area (TPSA) is 47.0 Å². The summed E-state index contributed by atoms with van der Waals surface area (Å²) in [6.45, 7) is 3.21. The van der Waals surface area contributed by atoms with Crippen LogP contribution in [0.5, 0.6) is 5.75 Å². The molecule has 4 nitrogen and oxygen atoms in total. The zero-order chi connectivity index (χ0) is 16.4. The molecule has 3 aromatic rings. The van der Waals surface area contributed by atoms with E-state index in [2.05, 4.69) is 15.3 Å². The smallest absolute Gasteiger partial charge is 0.272 e. The van der Waals surface area contributed by atoms with Crippen LogP contribution < -0.4 is 10.1 Å². The quantitative estimate of drug-likeness (QED) is 0.734. The monoisotopic (exact) mass is 335 g/mol. The Morgan fingerprint density at radius 3 is 2.83 bits per heavy atom. The molecule has 0 saturated heterocycles. The van der Waals surface area contributed by atoms with Gasteiger partial charge in [0.1, 0.15) is 29.3 Å².